The summed E-state index contributed by atoms with van der Waals surface area (Å²) in [6.07, 6.45) is 9.75. The van der Waals surface area contributed by atoms with Gasteiger partial charge in [-0.25, -0.2) is 9.78 Å². The molecule has 17 heavy (non-hydrogen) atoms. The third-order valence-corrected chi connectivity index (χ3v) is 2.03. The van der Waals surface area contributed by atoms with Gasteiger partial charge in [0.15, 0.2) is 11.6 Å². The van der Waals surface area contributed by atoms with Gasteiger partial charge in [0.25, 0.3) is 0 Å². The largest absolute Gasteiger partial charge is 0.464 e. The number of aromatic nitrogens is 1. The fourth-order valence-electron chi connectivity index (χ4n) is 1.17. The zero-order chi connectivity index (χ0) is 12.7. The molecule has 0 aliphatic heterocycles. The third kappa shape index (κ3) is 3.78. The van der Waals surface area contributed by atoms with Crippen LogP contribution in [0.15, 0.2) is 22.8 Å². The van der Waals surface area contributed by atoms with Crippen molar-refractivity contribution in [3.05, 3.63) is 30.0 Å². The molecule has 5 heteroatoms. The molecule has 0 unspecified atom stereocenters. The number of ether oxygens (including phenoxy) is 2. The topological polar surface area (TPSA) is 61.6 Å². The van der Waals surface area contributed by atoms with Gasteiger partial charge in [-0.1, -0.05) is 5.92 Å². The predicted molar refractivity (Wildman–Crippen MR) is 60.3 cm³/mol. The van der Waals surface area contributed by atoms with Crippen LogP contribution in [0.3, 0.4) is 0 Å². The molecule has 1 aromatic rings. The summed E-state index contributed by atoms with van der Waals surface area (Å²) in [6, 6.07) is 0. The van der Waals surface area contributed by atoms with Crippen LogP contribution in [0, 0.1) is 12.3 Å². The maximum atomic E-state index is 11.1. The van der Waals surface area contributed by atoms with Crippen LogP contribution in [0.5, 0.6) is 0 Å². The second-order valence-corrected chi connectivity index (χ2v) is 3.12. The van der Waals surface area contributed by atoms with Crippen molar-refractivity contribution in [1.82, 2.24) is 4.98 Å². The fraction of sp³-hybridized carbons (Fsp3) is 0.333. The zero-order valence-electron chi connectivity index (χ0n) is 9.67. The second kappa shape index (κ2) is 6.51. The van der Waals surface area contributed by atoms with Gasteiger partial charge >= 0.3 is 5.97 Å². The van der Waals surface area contributed by atoms with Gasteiger partial charge in [0, 0.05) is 7.11 Å². The summed E-state index contributed by atoms with van der Waals surface area (Å²) in [4.78, 5) is 15.1. The Labute approximate surface area is 99.4 Å². The first kappa shape index (κ1) is 13.0. The highest BCUT2D eigenvalue weighted by Crippen LogP contribution is 2.08. The fourth-order valence-corrected chi connectivity index (χ4v) is 1.17. The summed E-state index contributed by atoms with van der Waals surface area (Å²) in [5.74, 6) is 2.22. The smallest absolute Gasteiger partial charge is 0.360 e. The zero-order valence-corrected chi connectivity index (χ0v) is 9.67. The first-order valence-electron chi connectivity index (χ1n) is 4.89. The highest BCUT2D eigenvalue weighted by molar-refractivity contribution is 5.86. The number of methoxy groups -OCH3 is 2. The molecule has 0 fully saturated rings. The highest BCUT2D eigenvalue weighted by Gasteiger charge is 2.14. The third-order valence-electron chi connectivity index (χ3n) is 2.03. The van der Waals surface area contributed by atoms with Gasteiger partial charge in [0.05, 0.1) is 19.6 Å². The highest BCUT2D eigenvalue weighted by atomic mass is 16.5. The molecule has 5 nitrogen and oxygen atoms in total. The van der Waals surface area contributed by atoms with Crippen molar-refractivity contribution in [2.75, 3.05) is 14.2 Å². The lowest BCUT2D eigenvalue weighted by atomic mass is 10.2. The van der Waals surface area contributed by atoms with Gasteiger partial charge < -0.3 is 13.9 Å². The number of hydrogen-bond donors (Lipinski definition) is 0. The molecular formula is C12H13NO4. The summed E-state index contributed by atoms with van der Waals surface area (Å²) in [5, 5.41) is 0. The summed E-state index contributed by atoms with van der Waals surface area (Å²) >= 11 is 0. The van der Waals surface area contributed by atoms with E-state index >= 15 is 0 Å². The normalized spacial score (nSPS) is 12.3. The van der Waals surface area contributed by atoms with Crippen LogP contribution in [0.25, 0.3) is 0 Å². The van der Waals surface area contributed by atoms with E-state index in [4.69, 9.17) is 15.6 Å². The molecule has 1 rings (SSSR count). The summed E-state index contributed by atoms with van der Waals surface area (Å²) < 4.78 is 14.8. The number of nitrogens with zero attached hydrogens (tertiary/aromatic N) is 1. The Balaban J connectivity index is 2.68. The standard InChI is InChI=1S/C12H13NO4/c1-4-5-6-9(15-2)7-11-13-10(8-17-11)12(14)16-3/h1,5-6,8-9H,7H2,2-3H3/b6-5+/t9-/m0/s1. The number of carbonyl (C=O) groups excluding carboxylic acids is 1. The van der Waals surface area contributed by atoms with E-state index in [0.717, 1.165) is 0 Å². The van der Waals surface area contributed by atoms with Crippen molar-refractivity contribution in [3.8, 4) is 12.3 Å². The number of hydrogen-bond acceptors (Lipinski definition) is 5. The molecule has 0 aliphatic carbocycles. The summed E-state index contributed by atoms with van der Waals surface area (Å²) in [5.41, 5.74) is 0.137. The Bertz CT molecular complexity index is 442. The first-order valence-corrected chi connectivity index (χ1v) is 4.89. The minimum atomic E-state index is -0.534. The number of carbonyl (C=O) groups is 1. The van der Waals surface area contributed by atoms with Crippen molar-refractivity contribution in [2.45, 2.75) is 12.5 Å². The van der Waals surface area contributed by atoms with Gasteiger partial charge in [0.1, 0.15) is 6.26 Å². The SMILES string of the molecule is C#C/C=C/[C@@H](Cc1nc(C(=O)OC)co1)OC. The Morgan fingerprint density at radius 3 is 3.06 bits per heavy atom. The van der Waals surface area contributed by atoms with Crippen molar-refractivity contribution >= 4 is 5.97 Å². The van der Waals surface area contributed by atoms with E-state index in [9.17, 15) is 4.79 Å². The quantitative estimate of drug-likeness (QED) is 0.567. The summed E-state index contributed by atoms with van der Waals surface area (Å²) in [6.45, 7) is 0. The van der Waals surface area contributed by atoms with Crippen LogP contribution >= 0.6 is 0 Å². The molecule has 0 saturated heterocycles. The maximum Gasteiger partial charge on any atom is 0.360 e. The van der Waals surface area contributed by atoms with E-state index in [1.54, 1.807) is 19.3 Å². The lowest BCUT2D eigenvalue weighted by Crippen LogP contribution is -2.11. The Hall–Kier alpha value is -2.06. The number of esters is 1. The van der Waals surface area contributed by atoms with Gasteiger partial charge in [-0.15, -0.1) is 6.42 Å². The maximum absolute atomic E-state index is 11.1. The molecule has 1 heterocycles. The van der Waals surface area contributed by atoms with Crippen molar-refractivity contribution < 1.29 is 18.7 Å². The molecule has 1 aromatic heterocycles. The molecule has 0 spiro atoms. The van der Waals surface area contributed by atoms with E-state index in [1.165, 1.54) is 13.4 Å². The molecule has 0 bridgehead atoms. The summed E-state index contributed by atoms with van der Waals surface area (Å²) in [7, 11) is 2.83. The van der Waals surface area contributed by atoms with E-state index in [-0.39, 0.29) is 11.8 Å². The minimum absolute atomic E-state index is 0.137. The molecule has 90 valence electrons. The molecule has 0 saturated carbocycles. The van der Waals surface area contributed by atoms with Gasteiger partial charge in [-0.05, 0) is 12.2 Å². The van der Waals surface area contributed by atoms with E-state index in [2.05, 4.69) is 15.6 Å². The molecule has 0 aliphatic rings. The van der Waals surface area contributed by atoms with Crippen LogP contribution in [-0.4, -0.2) is 31.3 Å². The molecule has 1 atom stereocenters. The first-order chi connectivity index (χ1) is 8.21. The number of allylic oxidation sites excluding steroid dienone is 1. The molecule has 0 N–H and O–H groups in total. The molecule has 0 radical (unpaired) electrons. The molecule has 0 amide bonds. The van der Waals surface area contributed by atoms with Crippen LogP contribution in [0.1, 0.15) is 16.4 Å². The lowest BCUT2D eigenvalue weighted by Gasteiger charge is -2.06. The molecular weight excluding hydrogens is 222 g/mol. The number of oxazole rings is 1. The second-order valence-electron chi connectivity index (χ2n) is 3.12. The van der Waals surface area contributed by atoms with Gasteiger partial charge in [-0.3, -0.25) is 0 Å². The van der Waals surface area contributed by atoms with E-state index in [1.807, 2.05) is 0 Å². The van der Waals surface area contributed by atoms with Crippen LogP contribution in [0.2, 0.25) is 0 Å². The van der Waals surface area contributed by atoms with Crippen molar-refractivity contribution in [1.29, 1.82) is 0 Å². The number of rotatable bonds is 5. The Kier molecular flexibility index (Phi) is 4.98. The minimum Gasteiger partial charge on any atom is -0.464 e. The van der Waals surface area contributed by atoms with Gasteiger partial charge in [-0.2, -0.15) is 0 Å². The van der Waals surface area contributed by atoms with Crippen LogP contribution in [0.4, 0.5) is 0 Å². The number of terminal acetylenes is 1. The monoisotopic (exact) mass is 235 g/mol. The molecule has 0 aromatic carbocycles. The average molecular weight is 235 g/mol. The Morgan fingerprint density at radius 2 is 2.47 bits per heavy atom. The lowest BCUT2D eigenvalue weighted by molar-refractivity contribution is 0.0594. The average Bonchev–Trinajstić information content (AvgIpc) is 2.81. The van der Waals surface area contributed by atoms with Gasteiger partial charge in [0.2, 0.25) is 0 Å². The van der Waals surface area contributed by atoms with Crippen molar-refractivity contribution in [3.63, 3.8) is 0 Å². The Morgan fingerprint density at radius 1 is 1.71 bits per heavy atom. The predicted octanol–water partition coefficient (Wildman–Crippen LogP) is 1.21. The van der Waals surface area contributed by atoms with Crippen LogP contribution in [-0.2, 0) is 15.9 Å². The van der Waals surface area contributed by atoms with Crippen LogP contribution < -0.4 is 0 Å². The van der Waals surface area contributed by atoms with Crippen molar-refractivity contribution in [2.24, 2.45) is 0 Å². The van der Waals surface area contributed by atoms with E-state index in [0.29, 0.717) is 12.3 Å². The van der Waals surface area contributed by atoms with E-state index < -0.39 is 5.97 Å².